The fourth-order valence-electron chi connectivity index (χ4n) is 3.40. The van der Waals surface area contributed by atoms with Crippen LogP contribution in [0.3, 0.4) is 0 Å². The van der Waals surface area contributed by atoms with Crippen LogP contribution in [0.1, 0.15) is 65.0 Å². The molecule has 0 saturated carbocycles. The average molecular weight is 368 g/mol. The number of carbonyl (C=O) groups is 2. The van der Waals surface area contributed by atoms with Crippen LogP contribution in [0.2, 0.25) is 0 Å². The number of amides is 2. The van der Waals surface area contributed by atoms with Crippen molar-refractivity contribution in [3.8, 4) is 0 Å². The maximum absolute atomic E-state index is 12.7. The Hall–Kier alpha value is -2.63. The van der Waals surface area contributed by atoms with Gasteiger partial charge in [-0.1, -0.05) is 43.7 Å². The van der Waals surface area contributed by atoms with Gasteiger partial charge >= 0.3 is 0 Å². The molecule has 0 saturated heterocycles. The molecular weight excluding hydrogens is 340 g/mol. The largest absolute Gasteiger partial charge is 0.350 e. The highest BCUT2D eigenvalue weighted by molar-refractivity contribution is 5.97. The van der Waals surface area contributed by atoms with Gasteiger partial charge in [-0.05, 0) is 37.7 Å². The fraction of sp³-hybridized carbons (Fsp3) is 0.476. The third kappa shape index (κ3) is 4.76. The summed E-state index contributed by atoms with van der Waals surface area (Å²) in [5, 5.41) is 5.87. The number of fused-ring (bicyclic) bond motifs is 1. The van der Waals surface area contributed by atoms with Crippen LogP contribution in [0, 0.1) is 0 Å². The highest BCUT2D eigenvalue weighted by Gasteiger charge is 2.27. The van der Waals surface area contributed by atoms with E-state index in [-0.39, 0.29) is 11.8 Å². The molecule has 0 atom stereocenters. The van der Waals surface area contributed by atoms with Crippen LogP contribution in [-0.4, -0.2) is 34.5 Å². The molecule has 1 aliphatic heterocycles. The maximum atomic E-state index is 12.7. The topological polar surface area (TPSA) is 76.0 Å². The standard InChI is InChI=1S/C21H28N4O2/c1-2-3-13-22-21(27)19-24-18(17-11-7-8-15-25(17)19)20(26)23-14-12-16-9-5-4-6-10-16/h4-6,9-10H,2-3,7-8,11-15H2,1H3,(H,22,27)(H,23,26). The van der Waals surface area contributed by atoms with Crippen LogP contribution in [-0.2, 0) is 19.4 Å². The van der Waals surface area contributed by atoms with E-state index in [2.05, 4.69) is 22.5 Å². The Bertz CT molecular complexity index is 783. The molecule has 0 fully saturated rings. The Morgan fingerprint density at radius 1 is 1.07 bits per heavy atom. The molecule has 2 heterocycles. The minimum Gasteiger partial charge on any atom is -0.350 e. The molecule has 0 bridgehead atoms. The second-order valence-corrected chi connectivity index (χ2v) is 6.94. The molecule has 0 aliphatic carbocycles. The molecule has 6 nitrogen and oxygen atoms in total. The smallest absolute Gasteiger partial charge is 0.287 e. The van der Waals surface area contributed by atoms with Crippen LogP contribution in [0.4, 0.5) is 0 Å². The van der Waals surface area contributed by atoms with Crippen molar-refractivity contribution < 1.29 is 9.59 Å². The second kappa shape index (κ2) is 9.35. The summed E-state index contributed by atoms with van der Waals surface area (Å²) in [6.07, 6.45) is 5.55. The lowest BCUT2D eigenvalue weighted by Crippen LogP contribution is -2.28. The number of carbonyl (C=O) groups excluding carboxylic acids is 2. The molecule has 6 heteroatoms. The van der Waals surface area contributed by atoms with Gasteiger partial charge in [-0.25, -0.2) is 4.98 Å². The van der Waals surface area contributed by atoms with Crippen LogP contribution in [0.15, 0.2) is 30.3 Å². The Labute approximate surface area is 160 Å². The molecule has 27 heavy (non-hydrogen) atoms. The van der Waals surface area contributed by atoms with Gasteiger partial charge in [-0.15, -0.1) is 0 Å². The van der Waals surface area contributed by atoms with E-state index in [4.69, 9.17) is 0 Å². The summed E-state index contributed by atoms with van der Waals surface area (Å²) in [6.45, 7) is 4.01. The van der Waals surface area contributed by atoms with E-state index in [1.807, 2.05) is 34.9 Å². The van der Waals surface area contributed by atoms with Crippen LogP contribution in [0.5, 0.6) is 0 Å². The van der Waals surface area contributed by atoms with Gasteiger partial charge in [0.05, 0.1) is 5.69 Å². The number of imidazole rings is 1. The van der Waals surface area contributed by atoms with E-state index in [0.717, 1.165) is 50.8 Å². The number of nitrogens with one attached hydrogen (secondary N) is 2. The number of aromatic nitrogens is 2. The molecule has 2 aromatic rings. The van der Waals surface area contributed by atoms with Crippen molar-refractivity contribution in [3.63, 3.8) is 0 Å². The summed E-state index contributed by atoms with van der Waals surface area (Å²) in [5.74, 6) is -0.00635. The minimum absolute atomic E-state index is 0.185. The summed E-state index contributed by atoms with van der Waals surface area (Å²) in [4.78, 5) is 29.6. The predicted molar refractivity (Wildman–Crippen MR) is 105 cm³/mol. The van der Waals surface area contributed by atoms with E-state index < -0.39 is 0 Å². The van der Waals surface area contributed by atoms with Gasteiger partial charge in [0.2, 0.25) is 0 Å². The minimum atomic E-state index is -0.191. The zero-order valence-electron chi connectivity index (χ0n) is 16.0. The molecule has 2 N–H and O–H groups in total. The molecule has 144 valence electrons. The third-order valence-electron chi connectivity index (χ3n) is 4.89. The first-order chi connectivity index (χ1) is 13.2. The lowest BCUT2D eigenvalue weighted by Gasteiger charge is -2.17. The summed E-state index contributed by atoms with van der Waals surface area (Å²) in [6, 6.07) is 10.1. The Morgan fingerprint density at radius 2 is 1.85 bits per heavy atom. The summed E-state index contributed by atoms with van der Waals surface area (Å²) in [5.41, 5.74) is 2.48. The van der Waals surface area contributed by atoms with E-state index in [1.54, 1.807) is 0 Å². The van der Waals surface area contributed by atoms with E-state index in [0.29, 0.717) is 24.6 Å². The maximum Gasteiger partial charge on any atom is 0.287 e. The molecule has 1 aromatic heterocycles. The SMILES string of the molecule is CCCCNC(=O)c1nc(C(=O)NCCc2ccccc2)c2n1CCCC2. The molecule has 2 amide bonds. The van der Waals surface area contributed by atoms with Crippen molar-refractivity contribution in [2.24, 2.45) is 0 Å². The summed E-state index contributed by atoms with van der Waals surface area (Å²) >= 11 is 0. The van der Waals surface area contributed by atoms with Gasteiger partial charge in [-0.2, -0.15) is 0 Å². The van der Waals surface area contributed by atoms with Crippen LogP contribution in [0.25, 0.3) is 0 Å². The quantitative estimate of drug-likeness (QED) is 0.704. The predicted octanol–water partition coefficient (Wildman–Crippen LogP) is 2.72. The van der Waals surface area contributed by atoms with Gasteiger partial charge in [-0.3, -0.25) is 9.59 Å². The average Bonchev–Trinajstić information content (AvgIpc) is 3.09. The first kappa shape index (κ1) is 19.1. The molecule has 0 unspecified atom stereocenters. The number of benzene rings is 1. The molecule has 0 spiro atoms. The van der Waals surface area contributed by atoms with Gasteiger partial charge in [0.15, 0.2) is 5.82 Å². The van der Waals surface area contributed by atoms with Gasteiger partial charge in [0.25, 0.3) is 11.8 Å². The van der Waals surface area contributed by atoms with Gasteiger partial charge in [0.1, 0.15) is 5.69 Å². The molecule has 1 aromatic carbocycles. The lowest BCUT2D eigenvalue weighted by molar-refractivity contribution is 0.0937. The normalized spacial score (nSPS) is 13.1. The third-order valence-corrected chi connectivity index (χ3v) is 4.89. The summed E-state index contributed by atoms with van der Waals surface area (Å²) < 4.78 is 1.93. The van der Waals surface area contributed by atoms with E-state index >= 15 is 0 Å². The highest BCUT2D eigenvalue weighted by Crippen LogP contribution is 2.21. The Balaban J connectivity index is 1.68. The van der Waals surface area contributed by atoms with Crippen molar-refractivity contribution in [3.05, 3.63) is 53.1 Å². The number of hydrogen-bond donors (Lipinski definition) is 2. The second-order valence-electron chi connectivity index (χ2n) is 6.94. The zero-order valence-corrected chi connectivity index (χ0v) is 16.0. The first-order valence-electron chi connectivity index (χ1n) is 9.90. The molecular formula is C21H28N4O2. The van der Waals surface area contributed by atoms with Gasteiger partial charge < -0.3 is 15.2 Å². The monoisotopic (exact) mass is 368 g/mol. The number of hydrogen-bond acceptors (Lipinski definition) is 3. The number of unbranched alkanes of at least 4 members (excludes halogenated alkanes) is 1. The number of rotatable bonds is 8. The van der Waals surface area contributed by atoms with Gasteiger partial charge in [0, 0.05) is 19.6 Å². The molecule has 0 radical (unpaired) electrons. The van der Waals surface area contributed by atoms with Crippen LogP contribution < -0.4 is 10.6 Å². The van der Waals surface area contributed by atoms with Crippen molar-refractivity contribution in [2.45, 2.75) is 52.0 Å². The van der Waals surface area contributed by atoms with E-state index in [1.165, 1.54) is 5.56 Å². The lowest BCUT2D eigenvalue weighted by atomic mass is 10.1. The number of nitrogens with zero attached hydrogens (tertiary/aromatic N) is 2. The van der Waals surface area contributed by atoms with Crippen LogP contribution >= 0.6 is 0 Å². The molecule has 1 aliphatic rings. The first-order valence-corrected chi connectivity index (χ1v) is 9.90. The zero-order chi connectivity index (χ0) is 19.1. The fourth-order valence-corrected chi connectivity index (χ4v) is 3.40. The van der Waals surface area contributed by atoms with Crippen molar-refractivity contribution in [2.75, 3.05) is 13.1 Å². The van der Waals surface area contributed by atoms with Crippen molar-refractivity contribution in [1.82, 2.24) is 20.2 Å². The Morgan fingerprint density at radius 3 is 2.63 bits per heavy atom. The van der Waals surface area contributed by atoms with E-state index in [9.17, 15) is 9.59 Å². The van der Waals surface area contributed by atoms with Crippen molar-refractivity contribution in [1.29, 1.82) is 0 Å². The molecule has 3 rings (SSSR count). The Kier molecular flexibility index (Phi) is 6.63. The van der Waals surface area contributed by atoms with Crippen molar-refractivity contribution >= 4 is 11.8 Å². The highest BCUT2D eigenvalue weighted by atomic mass is 16.2. The summed E-state index contributed by atoms with van der Waals surface area (Å²) in [7, 11) is 0.